The smallest absolute Gasteiger partial charge is 0.266 e. The molecule has 1 fully saturated rings. The van der Waals surface area contributed by atoms with E-state index in [2.05, 4.69) is 24.1 Å². The second kappa shape index (κ2) is 8.75. The summed E-state index contributed by atoms with van der Waals surface area (Å²) in [6, 6.07) is 5.16. The van der Waals surface area contributed by atoms with Gasteiger partial charge in [-0.1, -0.05) is 13.8 Å². The van der Waals surface area contributed by atoms with E-state index in [4.69, 9.17) is 9.47 Å². The molecule has 2 amide bonds. The summed E-state index contributed by atoms with van der Waals surface area (Å²) in [5.74, 6) is 1.65. The summed E-state index contributed by atoms with van der Waals surface area (Å²) in [5.41, 5.74) is 0.803. The molecule has 2 aromatic heterocycles. The first-order chi connectivity index (χ1) is 16.3. The van der Waals surface area contributed by atoms with Crippen LogP contribution in [-0.2, 0) is 11.3 Å². The molecule has 0 bridgehead atoms. The summed E-state index contributed by atoms with van der Waals surface area (Å²) >= 11 is 1.16. The van der Waals surface area contributed by atoms with E-state index >= 15 is 0 Å². The van der Waals surface area contributed by atoms with Gasteiger partial charge in [-0.15, -0.1) is 11.3 Å². The monoisotopic (exact) mass is 482 g/mol. The molecule has 5 rings (SSSR count). The minimum Gasteiger partial charge on any atom is -0.454 e. The fourth-order valence-corrected chi connectivity index (χ4v) is 5.80. The number of nitrogens with zero attached hydrogens (tertiary/aromatic N) is 3. The van der Waals surface area contributed by atoms with Gasteiger partial charge in [0.2, 0.25) is 12.7 Å². The third kappa shape index (κ3) is 4.13. The molecule has 10 heteroatoms. The Hall–Kier alpha value is -3.40. The first-order valence-corrected chi connectivity index (χ1v) is 12.1. The number of piperidine rings is 1. The van der Waals surface area contributed by atoms with Crippen molar-refractivity contribution in [2.45, 2.75) is 33.7 Å². The van der Waals surface area contributed by atoms with Gasteiger partial charge >= 0.3 is 0 Å². The molecule has 2 atom stereocenters. The van der Waals surface area contributed by atoms with Crippen molar-refractivity contribution >= 4 is 39.1 Å². The second-order valence-corrected chi connectivity index (χ2v) is 10.2. The lowest BCUT2D eigenvalue weighted by molar-refractivity contribution is -0.134. The van der Waals surface area contributed by atoms with E-state index in [0.29, 0.717) is 62.8 Å². The Morgan fingerprint density at radius 2 is 1.91 bits per heavy atom. The van der Waals surface area contributed by atoms with Crippen LogP contribution in [0.1, 0.15) is 35.5 Å². The van der Waals surface area contributed by atoms with Crippen LogP contribution < -0.4 is 20.3 Å². The van der Waals surface area contributed by atoms with Gasteiger partial charge in [-0.05, 0) is 42.9 Å². The molecule has 1 saturated heterocycles. The summed E-state index contributed by atoms with van der Waals surface area (Å²) in [5, 5.41) is 3.22. The molecule has 9 nitrogen and oxygen atoms in total. The number of ether oxygens (including phenoxy) is 2. The van der Waals surface area contributed by atoms with Crippen molar-refractivity contribution in [3.05, 3.63) is 45.3 Å². The summed E-state index contributed by atoms with van der Waals surface area (Å²) in [6.07, 6.45) is 2.50. The van der Waals surface area contributed by atoms with Crippen LogP contribution in [0.15, 0.2) is 29.3 Å². The average molecular weight is 483 g/mol. The summed E-state index contributed by atoms with van der Waals surface area (Å²) in [4.78, 5) is 46.2. The Morgan fingerprint density at radius 1 is 1.18 bits per heavy atom. The number of likely N-dealkylation sites (tertiary alicyclic amines) is 1. The van der Waals surface area contributed by atoms with Crippen LogP contribution in [0.4, 0.5) is 5.69 Å². The van der Waals surface area contributed by atoms with Crippen LogP contribution in [0.5, 0.6) is 11.5 Å². The number of aryl methyl sites for hydroxylation is 1. The summed E-state index contributed by atoms with van der Waals surface area (Å²) in [7, 11) is 0. The maximum absolute atomic E-state index is 13.2. The third-order valence-electron chi connectivity index (χ3n) is 6.28. The standard InChI is InChI=1S/C24H26N4O5S/c1-13-6-14(2)9-27(8-13)19(29)10-28-11-25-23-20(24(28)31)15(3)21(34-23)22(30)26-16-4-5-17-18(7-16)33-12-32-17/h4-5,7,11,13-14H,6,8-10,12H2,1-3H3,(H,26,30)/t13-,14-/m1/s1. The van der Waals surface area contributed by atoms with Gasteiger partial charge in [-0.3, -0.25) is 19.0 Å². The van der Waals surface area contributed by atoms with Crippen molar-refractivity contribution in [1.29, 1.82) is 0 Å². The van der Waals surface area contributed by atoms with Crippen molar-refractivity contribution in [2.75, 3.05) is 25.2 Å². The number of anilines is 1. The zero-order valence-electron chi connectivity index (χ0n) is 19.3. The van der Waals surface area contributed by atoms with E-state index in [1.807, 2.05) is 4.90 Å². The van der Waals surface area contributed by atoms with Crippen molar-refractivity contribution in [3.8, 4) is 11.5 Å². The topological polar surface area (TPSA) is 103 Å². The number of benzene rings is 1. The Kier molecular flexibility index (Phi) is 5.76. The Labute approximate surface area is 200 Å². The largest absolute Gasteiger partial charge is 0.454 e. The highest BCUT2D eigenvalue weighted by molar-refractivity contribution is 7.20. The van der Waals surface area contributed by atoms with E-state index in [1.165, 1.54) is 10.9 Å². The molecule has 3 aromatic rings. The first-order valence-electron chi connectivity index (χ1n) is 11.3. The molecule has 0 aliphatic carbocycles. The maximum Gasteiger partial charge on any atom is 0.266 e. The van der Waals surface area contributed by atoms with E-state index in [-0.39, 0.29) is 30.7 Å². The number of hydrogen-bond acceptors (Lipinski definition) is 7. The van der Waals surface area contributed by atoms with Crippen molar-refractivity contribution < 1.29 is 19.1 Å². The van der Waals surface area contributed by atoms with Crippen LogP contribution in [0, 0.1) is 18.8 Å². The lowest BCUT2D eigenvalue weighted by atomic mass is 9.92. The van der Waals surface area contributed by atoms with Gasteiger partial charge in [0.1, 0.15) is 11.4 Å². The zero-order valence-corrected chi connectivity index (χ0v) is 20.1. The van der Waals surface area contributed by atoms with Gasteiger partial charge in [0.05, 0.1) is 16.6 Å². The molecule has 2 aliphatic heterocycles. The molecule has 0 spiro atoms. The fraction of sp³-hybridized carbons (Fsp3) is 0.417. The van der Waals surface area contributed by atoms with Gasteiger partial charge in [0.15, 0.2) is 11.5 Å². The van der Waals surface area contributed by atoms with E-state index in [0.717, 1.165) is 17.8 Å². The number of hydrogen-bond donors (Lipinski definition) is 1. The summed E-state index contributed by atoms with van der Waals surface area (Å²) < 4.78 is 12.0. The predicted molar refractivity (Wildman–Crippen MR) is 129 cm³/mol. The molecule has 1 N–H and O–H groups in total. The van der Waals surface area contributed by atoms with Crippen LogP contribution in [0.25, 0.3) is 10.2 Å². The second-order valence-electron chi connectivity index (χ2n) is 9.18. The van der Waals surface area contributed by atoms with Gasteiger partial charge in [0, 0.05) is 24.8 Å². The molecule has 0 radical (unpaired) electrons. The Bertz CT molecular complexity index is 1340. The van der Waals surface area contributed by atoms with Crippen LogP contribution >= 0.6 is 11.3 Å². The average Bonchev–Trinajstić information content (AvgIpc) is 3.39. The van der Waals surface area contributed by atoms with Gasteiger partial charge in [-0.2, -0.15) is 0 Å². The highest BCUT2D eigenvalue weighted by Gasteiger charge is 2.26. The number of carbonyl (C=O) groups excluding carboxylic acids is 2. The maximum atomic E-state index is 13.2. The number of amides is 2. The first kappa shape index (κ1) is 22.4. The molecule has 4 heterocycles. The normalized spacial score (nSPS) is 19.4. The van der Waals surface area contributed by atoms with E-state index in [9.17, 15) is 14.4 Å². The molecule has 0 saturated carbocycles. The molecule has 34 heavy (non-hydrogen) atoms. The highest BCUT2D eigenvalue weighted by atomic mass is 32.1. The number of rotatable bonds is 4. The van der Waals surface area contributed by atoms with E-state index in [1.54, 1.807) is 25.1 Å². The molecule has 0 unspecified atom stereocenters. The van der Waals surface area contributed by atoms with Crippen LogP contribution in [0.2, 0.25) is 0 Å². The SMILES string of the molecule is Cc1c(C(=O)Nc2ccc3c(c2)OCO3)sc2ncn(CC(=O)N3C[C@H](C)C[C@@H](C)C3)c(=O)c12. The van der Waals surface area contributed by atoms with Crippen molar-refractivity contribution in [2.24, 2.45) is 11.8 Å². The lowest BCUT2D eigenvalue weighted by Crippen LogP contribution is -2.44. The summed E-state index contributed by atoms with van der Waals surface area (Å²) in [6.45, 7) is 7.51. The third-order valence-corrected chi connectivity index (χ3v) is 7.48. The Morgan fingerprint density at radius 3 is 2.68 bits per heavy atom. The number of nitrogens with one attached hydrogen (secondary N) is 1. The van der Waals surface area contributed by atoms with Crippen molar-refractivity contribution in [3.63, 3.8) is 0 Å². The molecule has 1 aromatic carbocycles. The number of carbonyl (C=O) groups is 2. The number of aromatic nitrogens is 2. The van der Waals surface area contributed by atoms with Gasteiger partial charge < -0.3 is 19.7 Å². The van der Waals surface area contributed by atoms with Gasteiger partial charge in [-0.25, -0.2) is 4.98 Å². The fourth-order valence-electron chi connectivity index (χ4n) is 4.76. The zero-order chi connectivity index (χ0) is 24.0. The van der Waals surface area contributed by atoms with Crippen LogP contribution in [-0.4, -0.2) is 46.1 Å². The lowest BCUT2D eigenvalue weighted by Gasteiger charge is -2.35. The quantitative estimate of drug-likeness (QED) is 0.612. The predicted octanol–water partition coefficient (Wildman–Crippen LogP) is 3.25. The minimum atomic E-state index is -0.335. The number of thiophene rings is 1. The Balaban J connectivity index is 1.38. The number of fused-ring (bicyclic) bond motifs is 2. The van der Waals surface area contributed by atoms with Crippen molar-refractivity contribution in [1.82, 2.24) is 14.5 Å². The minimum absolute atomic E-state index is 0.0603. The van der Waals surface area contributed by atoms with Gasteiger partial charge in [0.25, 0.3) is 11.5 Å². The molecule has 178 valence electrons. The molecular formula is C24H26N4O5S. The highest BCUT2D eigenvalue weighted by Crippen LogP contribution is 2.35. The van der Waals surface area contributed by atoms with Crippen LogP contribution in [0.3, 0.4) is 0 Å². The van der Waals surface area contributed by atoms with E-state index < -0.39 is 0 Å². The molecular weight excluding hydrogens is 456 g/mol. The molecule has 2 aliphatic rings.